The Bertz CT molecular complexity index is 1770. The molecule has 12 heteroatoms. The van der Waals surface area contributed by atoms with E-state index < -0.39 is 30.1 Å². The van der Waals surface area contributed by atoms with Crippen molar-refractivity contribution >= 4 is 52.3 Å². The van der Waals surface area contributed by atoms with E-state index in [-0.39, 0.29) is 43.8 Å². The average Bonchev–Trinajstić information content (AvgIpc) is 3.45. The topological polar surface area (TPSA) is 163 Å². The molecule has 2 amide bonds. The Morgan fingerprint density at radius 2 is 1.71 bits per heavy atom. The van der Waals surface area contributed by atoms with Gasteiger partial charge in [0.1, 0.15) is 24.7 Å². The van der Waals surface area contributed by atoms with Crippen LogP contribution in [0, 0.1) is 5.92 Å². The number of hydrogen-bond acceptors (Lipinski definition) is 8. The minimum absolute atomic E-state index is 0.0232. The molecule has 3 unspecified atom stereocenters. The van der Waals surface area contributed by atoms with Crippen molar-refractivity contribution < 1.29 is 33.8 Å². The highest BCUT2D eigenvalue weighted by Crippen LogP contribution is 2.41. The number of aromatic nitrogens is 2. The van der Waals surface area contributed by atoms with E-state index in [4.69, 9.17) is 9.47 Å². The number of nitrogens with one attached hydrogen (secondary N) is 3. The number of benzene rings is 3. The number of anilines is 3. The summed E-state index contributed by atoms with van der Waals surface area (Å²) < 4.78 is 11.0. The summed E-state index contributed by atoms with van der Waals surface area (Å²) in [7, 11) is 0. The number of carbonyl (C=O) groups is 4. The van der Waals surface area contributed by atoms with Crippen LogP contribution in [0.3, 0.4) is 0 Å². The molecule has 0 saturated heterocycles. The molecule has 1 fully saturated rings. The Kier molecular flexibility index (Phi) is 10.4. The summed E-state index contributed by atoms with van der Waals surface area (Å²) in [4.78, 5) is 61.0. The van der Waals surface area contributed by atoms with Gasteiger partial charge in [0.2, 0.25) is 17.8 Å². The second kappa shape index (κ2) is 15.2. The largest absolute Gasteiger partial charge is 0.508 e. The van der Waals surface area contributed by atoms with Gasteiger partial charge in [-0.3, -0.25) is 14.4 Å². The average molecular weight is 668 g/mol. The minimum atomic E-state index is -1.14. The van der Waals surface area contributed by atoms with E-state index in [1.165, 1.54) is 4.90 Å². The smallest absolute Gasteiger partial charge is 0.481 e. The predicted octanol–water partition coefficient (Wildman–Crippen LogP) is 6.41. The Labute approximate surface area is 284 Å². The number of para-hydroxylation sites is 3. The molecule has 4 aromatic rings. The number of carboxylic acid groups (broad SMARTS) is 1. The lowest BCUT2D eigenvalue weighted by Gasteiger charge is -2.30. The third-order valence-corrected chi connectivity index (χ3v) is 9.32. The van der Waals surface area contributed by atoms with Crippen molar-refractivity contribution in [2.24, 2.45) is 5.92 Å². The van der Waals surface area contributed by atoms with Crippen molar-refractivity contribution in [1.82, 2.24) is 15.3 Å². The van der Waals surface area contributed by atoms with Crippen LogP contribution in [-0.2, 0) is 30.4 Å². The molecule has 12 nitrogen and oxygen atoms in total. The summed E-state index contributed by atoms with van der Waals surface area (Å²) in [5, 5.41) is 16.5. The first kappa shape index (κ1) is 33.5. The quantitative estimate of drug-likeness (QED) is 0.132. The lowest BCUT2D eigenvalue weighted by molar-refractivity contribution is -0.147. The van der Waals surface area contributed by atoms with Gasteiger partial charge < -0.3 is 35.1 Å². The molecule has 1 saturated carbocycles. The monoisotopic (exact) mass is 667 g/mol. The van der Waals surface area contributed by atoms with Gasteiger partial charge in [-0.25, -0.2) is 9.78 Å². The number of carbonyl (C=O) groups excluding carboxylic acids is 3. The third kappa shape index (κ3) is 8.19. The number of H-pyrrole nitrogens is 1. The minimum Gasteiger partial charge on any atom is -0.481 e. The second-order valence-corrected chi connectivity index (χ2v) is 12.7. The molecule has 0 radical (unpaired) electrons. The normalized spacial score (nSPS) is 17.8. The third-order valence-electron chi connectivity index (χ3n) is 9.32. The standard InChI is InChI=1S/C37H41N5O7/c1-23(48-37(47)49-26-9-3-2-4-10-26)34(35(45)46)28-19-20-33(44)42(31-14-8-5-11-27(28)31)22-32(43)38-21-24-15-17-25(18-16-24)39-36-40-29-12-6-7-13-30(29)41-36/h5-8,11-18,23,26,28,34H,2-4,9-10,19-22H2,1H3,(H,38,43)(H,45,46)(H2,39,40,41). The summed E-state index contributed by atoms with van der Waals surface area (Å²) in [6.07, 6.45) is 2.70. The molecule has 256 valence electrons. The first-order valence-electron chi connectivity index (χ1n) is 16.8. The Morgan fingerprint density at radius 3 is 2.47 bits per heavy atom. The SMILES string of the molecule is CC(OC(=O)OC1CCCCC1)C(C(=O)O)C1CCC(=O)N(CC(=O)NCc2ccc(Nc3nc4ccccc4[nH]3)cc2)c2ccccc21. The van der Waals surface area contributed by atoms with Gasteiger partial charge in [0.25, 0.3) is 0 Å². The molecule has 1 aliphatic carbocycles. The summed E-state index contributed by atoms with van der Waals surface area (Å²) in [5.74, 6) is -2.94. The molecule has 2 heterocycles. The maximum Gasteiger partial charge on any atom is 0.508 e. The second-order valence-electron chi connectivity index (χ2n) is 12.7. The zero-order valence-electron chi connectivity index (χ0n) is 27.4. The number of hydrogen-bond donors (Lipinski definition) is 4. The number of fused-ring (bicyclic) bond motifs is 2. The van der Waals surface area contributed by atoms with Crippen LogP contribution < -0.4 is 15.5 Å². The Hall–Kier alpha value is -5.39. The molecule has 2 aliphatic rings. The van der Waals surface area contributed by atoms with E-state index in [1.807, 2.05) is 48.5 Å². The highest BCUT2D eigenvalue weighted by atomic mass is 16.7. The molecular weight excluding hydrogens is 626 g/mol. The number of ether oxygens (including phenoxy) is 2. The zero-order valence-corrected chi connectivity index (χ0v) is 27.4. The fourth-order valence-electron chi connectivity index (χ4n) is 6.82. The van der Waals surface area contributed by atoms with E-state index in [0.29, 0.717) is 17.2 Å². The van der Waals surface area contributed by atoms with Crippen molar-refractivity contribution in [3.63, 3.8) is 0 Å². The van der Waals surface area contributed by atoms with Crippen LogP contribution in [0.5, 0.6) is 0 Å². The summed E-state index contributed by atoms with van der Waals surface area (Å²) >= 11 is 0. The van der Waals surface area contributed by atoms with E-state index in [2.05, 4.69) is 20.6 Å². The van der Waals surface area contributed by atoms with Gasteiger partial charge in [0.05, 0.1) is 11.0 Å². The summed E-state index contributed by atoms with van der Waals surface area (Å²) in [5.41, 5.74) is 4.57. The lowest BCUT2D eigenvalue weighted by Crippen LogP contribution is -2.40. The fraction of sp³-hybridized carbons (Fsp3) is 0.378. The molecule has 3 atom stereocenters. The molecule has 3 aromatic carbocycles. The van der Waals surface area contributed by atoms with E-state index in [0.717, 1.165) is 54.4 Å². The fourth-order valence-corrected chi connectivity index (χ4v) is 6.82. The highest BCUT2D eigenvalue weighted by Gasteiger charge is 2.41. The van der Waals surface area contributed by atoms with Gasteiger partial charge in [0, 0.05) is 30.3 Å². The van der Waals surface area contributed by atoms with Crippen molar-refractivity contribution in [3.8, 4) is 0 Å². The van der Waals surface area contributed by atoms with E-state index in [1.54, 1.807) is 31.2 Å². The van der Waals surface area contributed by atoms with Crippen LogP contribution in [0.1, 0.15) is 68.9 Å². The van der Waals surface area contributed by atoms with Gasteiger partial charge in [-0.15, -0.1) is 0 Å². The van der Waals surface area contributed by atoms with Crippen molar-refractivity contribution in [2.45, 2.75) is 76.5 Å². The van der Waals surface area contributed by atoms with Gasteiger partial charge in [-0.2, -0.15) is 0 Å². The molecule has 0 spiro atoms. The maximum absolute atomic E-state index is 13.4. The number of nitrogens with zero attached hydrogens (tertiary/aromatic N) is 2. The van der Waals surface area contributed by atoms with Gasteiger partial charge in [-0.1, -0.05) is 48.9 Å². The van der Waals surface area contributed by atoms with Crippen LogP contribution in [0.25, 0.3) is 11.0 Å². The number of rotatable bonds is 11. The maximum atomic E-state index is 13.4. The van der Waals surface area contributed by atoms with Crippen molar-refractivity contribution in [1.29, 1.82) is 0 Å². The van der Waals surface area contributed by atoms with Crippen LogP contribution in [0.4, 0.5) is 22.1 Å². The molecule has 1 aromatic heterocycles. The number of aliphatic carboxylic acids is 1. The Balaban J connectivity index is 1.08. The van der Waals surface area contributed by atoms with Gasteiger partial charge >= 0.3 is 12.1 Å². The highest BCUT2D eigenvalue weighted by molar-refractivity contribution is 6.00. The van der Waals surface area contributed by atoms with Crippen LogP contribution in [0.2, 0.25) is 0 Å². The lowest BCUT2D eigenvalue weighted by atomic mass is 9.80. The van der Waals surface area contributed by atoms with E-state index in [9.17, 15) is 24.3 Å². The van der Waals surface area contributed by atoms with E-state index >= 15 is 0 Å². The van der Waals surface area contributed by atoms with Crippen molar-refractivity contribution in [3.05, 3.63) is 83.9 Å². The van der Waals surface area contributed by atoms with Crippen molar-refractivity contribution in [2.75, 3.05) is 16.8 Å². The molecule has 1 aliphatic heterocycles. The summed E-state index contributed by atoms with van der Waals surface area (Å²) in [6.45, 7) is 1.57. The number of imidazole rings is 1. The molecule has 4 N–H and O–H groups in total. The van der Waals surface area contributed by atoms with Crippen LogP contribution in [0.15, 0.2) is 72.8 Å². The molecule has 6 rings (SSSR count). The predicted molar refractivity (Wildman–Crippen MR) is 183 cm³/mol. The Morgan fingerprint density at radius 1 is 0.980 bits per heavy atom. The number of carboxylic acids is 1. The molecule has 49 heavy (non-hydrogen) atoms. The van der Waals surface area contributed by atoms with Gasteiger partial charge in [0.15, 0.2) is 0 Å². The summed E-state index contributed by atoms with van der Waals surface area (Å²) in [6, 6.07) is 22.3. The van der Waals surface area contributed by atoms with Gasteiger partial charge in [-0.05, 0) is 80.5 Å². The molecule has 0 bridgehead atoms. The number of amides is 2. The first-order chi connectivity index (χ1) is 23.7. The van der Waals surface area contributed by atoms with Crippen LogP contribution in [-0.4, -0.2) is 57.8 Å². The molecular formula is C37H41N5O7. The van der Waals surface area contributed by atoms with Crippen LogP contribution >= 0.6 is 0 Å². The first-order valence-corrected chi connectivity index (χ1v) is 16.8. The number of aromatic amines is 1. The zero-order chi connectivity index (χ0) is 34.3.